The Labute approximate surface area is 81.8 Å². The maximum absolute atomic E-state index is 10.9. The van der Waals surface area contributed by atoms with Gasteiger partial charge in [0.15, 0.2) is 0 Å². The summed E-state index contributed by atoms with van der Waals surface area (Å²) in [5.74, 6) is -0.303. The van der Waals surface area contributed by atoms with Crippen molar-refractivity contribution >= 4 is 5.91 Å². The molecule has 0 bridgehead atoms. The summed E-state index contributed by atoms with van der Waals surface area (Å²) in [7, 11) is 1.57. The minimum Gasteiger partial charge on any atom is -0.475 e. The molecule has 0 fully saturated rings. The highest BCUT2D eigenvalue weighted by atomic mass is 16.5. The normalized spacial score (nSPS) is 9.79. The van der Waals surface area contributed by atoms with Crippen molar-refractivity contribution in [1.82, 2.24) is 4.98 Å². The van der Waals surface area contributed by atoms with E-state index >= 15 is 0 Å². The fourth-order valence-corrected chi connectivity index (χ4v) is 0.915. The van der Waals surface area contributed by atoms with Gasteiger partial charge in [0.25, 0.3) is 5.91 Å². The summed E-state index contributed by atoms with van der Waals surface area (Å²) in [6.07, 6.45) is 1.54. The van der Waals surface area contributed by atoms with Crippen LogP contribution in [0.2, 0.25) is 0 Å². The van der Waals surface area contributed by atoms with Gasteiger partial charge in [-0.15, -0.1) is 0 Å². The summed E-state index contributed by atoms with van der Waals surface area (Å²) in [6.45, 7) is 0.780. The average Bonchev–Trinajstić information content (AvgIpc) is 2.19. The van der Waals surface area contributed by atoms with E-state index in [2.05, 4.69) is 4.98 Å². The average molecular weight is 196 g/mol. The zero-order valence-corrected chi connectivity index (χ0v) is 7.90. The molecule has 1 aromatic rings. The molecule has 76 valence electrons. The summed E-state index contributed by atoms with van der Waals surface area (Å²) in [6, 6.07) is 3.20. The van der Waals surface area contributed by atoms with Gasteiger partial charge in [0.2, 0.25) is 5.88 Å². The number of nitrogens with zero attached hydrogens (tertiary/aromatic N) is 1. The molecule has 0 aliphatic heterocycles. The van der Waals surface area contributed by atoms with Crippen molar-refractivity contribution in [2.45, 2.75) is 0 Å². The number of pyridine rings is 1. The molecular formula is C9H12N2O3. The number of nitrogens with two attached hydrogens (primary N) is 1. The Morgan fingerprint density at radius 2 is 2.36 bits per heavy atom. The molecule has 0 radical (unpaired) electrons. The van der Waals surface area contributed by atoms with Crippen molar-refractivity contribution < 1.29 is 14.3 Å². The Bertz CT molecular complexity index is 315. The molecule has 0 spiro atoms. The number of carbonyl (C=O) groups excluding carboxylic acids is 1. The number of aromatic nitrogens is 1. The maximum Gasteiger partial charge on any atom is 0.254 e. The van der Waals surface area contributed by atoms with Crippen LogP contribution in [0.5, 0.6) is 5.88 Å². The molecule has 1 amide bonds. The number of amides is 1. The van der Waals surface area contributed by atoms with Crippen LogP contribution in [0.4, 0.5) is 0 Å². The second kappa shape index (κ2) is 5.18. The number of hydrogen-bond donors (Lipinski definition) is 1. The highest BCUT2D eigenvalue weighted by molar-refractivity contribution is 5.94. The molecule has 2 N–H and O–H groups in total. The SMILES string of the molecule is COCCOc1ncccc1C(N)=O. The molecule has 14 heavy (non-hydrogen) atoms. The maximum atomic E-state index is 10.9. The first-order valence-corrected chi connectivity index (χ1v) is 4.12. The Kier molecular flexibility index (Phi) is 3.87. The minimum absolute atomic E-state index is 0.247. The van der Waals surface area contributed by atoms with E-state index in [-0.39, 0.29) is 11.4 Å². The van der Waals surface area contributed by atoms with Crippen molar-refractivity contribution in [2.75, 3.05) is 20.3 Å². The van der Waals surface area contributed by atoms with Crippen LogP contribution in [0.1, 0.15) is 10.4 Å². The van der Waals surface area contributed by atoms with E-state index in [1.54, 1.807) is 19.2 Å². The fraction of sp³-hybridized carbons (Fsp3) is 0.333. The predicted octanol–water partition coefficient (Wildman–Crippen LogP) is 0.206. The standard InChI is InChI=1S/C9H12N2O3/c1-13-5-6-14-9-7(8(10)12)3-2-4-11-9/h2-4H,5-6H2,1H3,(H2,10,12). The van der Waals surface area contributed by atoms with Crippen LogP contribution in [0.3, 0.4) is 0 Å². The molecule has 0 aliphatic carbocycles. The highest BCUT2D eigenvalue weighted by Gasteiger charge is 2.09. The Hall–Kier alpha value is -1.62. The van der Waals surface area contributed by atoms with Crippen LogP contribution in [-0.2, 0) is 4.74 Å². The van der Waals surface area contributed by atoms with E-state index in [0.29, 0.717) is 13.2 Å². The van der Waals surface area contributed by atoms with Gasteiger partial charge in [0.05, 0.1) is 6.61 Å². The second-order valence-corrected chi connectivity index (χ2v) is 2.56. The molecule has 1 heterocycles. The lowest BCUT2D eigenvalue weighted by molar-refractivity contribution is 0.0990. The van der Waals surface area contributed by atoms with Gasteiger partial charge in [-0.1, -0.05) is 0 Å². The number of methoxy groups -OCH3 is 1. The van der Waals surface area contributed by atoms with E-state index in [1.165, 1.54) is 6.20 Å². The summed E-state index contributed by atoms with van der Waals surface area (Å²) >= 11 is 0. The molecule has 0 aliphatic rings. The second-order valence-electron chi connectivity index (χ2n) is 2.56. The largest absolute Gasteiger partial charge is 0.475 e. The van der Waals surface area contributed by atoms with Crippen LogP contribution in [0.15, 0.2) is 18.3 Å². The zero-order valence-electron chi connectivity index (χ0n) is 7.90. The molecular weight excluding hydrogens is 184 g/mol. The van der Waals surface area contributed by atoms with Gasteiger partial charge in [-0.3, -0.25) is 4.79 Å². The number of hydrogen-bond acceptors (Lipinski definition) is 4. The van der Waals surface area contributed by atoms with Crippen molar-refractivity contribution in [2.24, 2.45) is 5.73 Å². The summed E-state index contributed by atoms with van der Waals surface area (Å²) in [5, 5.41) is 0. The number of primary amides is 1. The number of ether oxygens (including phenoxy) is 2. The van der Waals surface area contributed by atoms with Gasteiger partial charge >= 0.3 is 0 Å². The van der Waals surface area contributed by atoms with Gasteiger partial charge < -0.3 is 15.2 Å². The lowest BCUT2D eigenvalue weighted by Gasteiger charge is -2.06. The van der Waals surface area contributed by atoms with Gasteiger partial charge in [0.1, 0.15) is 12.2 Å². The molecule has 0 saturated heterocycles. The quantitative estimate of drug-likeness (QED) is 0.683. The molecule has 1 aromatic heterocycles. The highest BCUT2D eigenvalue weighted by Crippen LogP contribution is 2.12. The van der Waals surface area contributed by atoms with E-state index in [0.717, 1.165) is 0 Å². The van der Waals surface area contributed by atoms with Crippen molar-refractivity contribution in [3.05, 3.63) is 23.9 Å². The first kappa shape index (κ1) is 10.5. The monoisotopic (exact) mass is 196 g/mol. The van der Waals surface area contributed by atoms with E-state index in [4.69, 9.17) is 15.2 Å². The van der Waals surface area contributed by atoms with Crippen LogP contribution >= 0.6 is 0 Å². The molecule has 0 atom stereocenters. The van der Waals surface area contributed by atoms with E-state index < -0.39 is 5.91 Å². The van der Waals surface area contributed by atoms with Crippen LogP contribution in [0, 0.1) is 0 Å². The smallest absolute Gasteiger partial charge is 0.254 e. The van der Waals surface area contributed by atoms with Crippen LogP contribution in [0.25, 0.3) is 0 Å². The van der Waals surface area contributed by atoms with E-state index in [9.17, 15) is 4.79 Å². The third kappa shape index (κ3) is 2.70. The molecule has 0 aromatic carbocycles. The number of carbonyl (C=O) groups is 1. The van der Waals surface area contributed by atoms with Gasteiger partial charge in [-0.05, 0) is 12.1 Å². The summed E-state index contributed by atoms with van der Waals surface area (Å²) < 4.78 is 10.00. The van der Waals surface area contributed by atoms with Gasteiger partial charge in [0, 0.05) is 13.3 Å². The molecule has 0 saturated carbocycles. The van der Waals surface area contributed by atoms with Crippen LogP contribution in [-0.4, -0.2) is 31.2 Å². The Morgan fingerprint density at radius 1 is 1.57 bits per heavy atom. The van der Waals surface area contributed by atoms with Gasteiger partial charge in [-0.2, -0.15) is 0 Å². The Balaban J connectivity index is 2.69. The van der Waals surface area contributed by atoms with Crippen molar-refractivity contribution in [3.63, 3.8) is 0 Å². The topological polar surface area (TPSA) is 74.4 Å². The van der Waals surface area contributed by atoms with Crippen molar-refractivity contribution in [3.8, 4) is 5.88 Å². The van der Waals surface area contributed by atoms with E-state index in [1.807, 2.05) is 0 Å². The minimum atomic E-state index is -0.550. The lowest BCUT2D eigenvalue weighted by Crippen LogP contribution is -2.15. The van der Waals surface area contributed by atoms with Crippen molar-refractivity contribution in [1.29, 1.82) is 0 Å². The predicted molar refractivity (Wildman–Crippen MR) is 50.1 cm³/mol. The first-order chi connectivity index (χ1) is 6.75. The summed E-state index contributed by atoms with van der Waals surface area (Å²) in [5.41, 5.74) is 5.41. The van der Waals surface area contributed by atoms with Crippen LogP contribution < -0.4 is 10.5 Å². The molecule has 5 heteroatoms. The van der Waals surface area contributed by atoms with Gasteiger partial charge in [-0.25, -0.2) is 4.98 Å². The third-order valence-corrected chi connectivity index (χ3v) is 1.56. The Morgan fingerprint density at radius 3 is 3.00 bits per heavy atom. The molecule has 5 nitrogen and oxygen atoms in total. The molecule has 0 unspecified atom stereocenters. The fourth-order valence-electron chi connectivity index (χ4n) is 0.915. The first-order valence-electron chi connectivity index (χ1n) is 4.12. The molecule has 1 rings (SSSR count). The summed E-state index contributed by atoms with van der Waals surface area (Å²) in [4.78, 5) is 14.8. The lowest BCUT2D eigenvalue weighted by atomic mass is 10.2. The third-order valence-electron chi connectivity index (χ3n) is 1.56. The zero-order chi connectivity index (χ0) is 10.4. The number of rotatable bonds is 5.